The highest BCUT2D eigenvalue weighted by Crippen LogP contribution is 2.13. The molecule has 1 aromatic rings. The van der Waals surface area contributed by atoms with E-state index >= 15 is 0 Å². The molecule has 1 rings (SSSR count). The molecule has 0 saturated carbocycles. The maximum absolute atomic E-state index is 10.7. The van der Waals surface area contributed by atoms with Crippen molar-refractivity contribution in [1.29, 1.82) is 0 Å². The maximum atomic E-state index is 10.7. The predicted molar refractivity (Wildman–Crippen MR) is 72.4 cm³/mol. The van der Waals surface area contributed by atoms with Crippen molar-refractivity contribution >= 4 is 17.6 Å². The van der Waals surface area contributed by atoms with Gasteiger partial charge < -0.3 is 10.4 Å². The average Bonchev–Trinajstić information content (AvgIpc) is 2.39. The number of rotatable bonds is 8. The van der Waals surface area contributed by atoms with Gasteiger partial charge in [0.1, 0.15) is 12.4 Å². The van der Waals surface area contributed by atoms with E-state index in [4.69, 9.17) is 5.11 Å². The molecule has 8 heteroatoms. The van der Waals surface area contributed by atoms with Crippen molar-refractivity contribution in [3.63, 3.8) is 0 Å². The van der Waals surface area contributed by atoms with Crippen LogP contribution in [-0.4, -0.2) is 32.0 Å². The lowest BCUT2D eigenvalue weighted by Crippen LogP contribution is -2.18. The fourth-order valence-electron chi connectivity index (χ4n) is 1.64. The summed E-state index contributed by atoms with van der Waals surface area (Å²) in [5.74, 6) is -0.809. The van der Waals surface area contributed by atoms with E-state index in [1.54, 1.807) is 6.92 Å². The number of nitrogens with zero attached hydrogens (tertiary/aromatic N) is 3. The molecule has 0 fully saturated rings. The molecule has 0 aliphatic rings. The number of carbonyl (C=O) groups is 1. The molecule has 1 heterocycles. The first-order valence-corrected chi connectivity index (χ1v) is 6.36. The molecule has 0 radical (unpaired) electrons. The number of aromatic nitrogens is 2. The summed E-state index contributed by atoms with van der Waals surface area (Å²) in [4.78, 5) is 28.3. The van der Waals surface area contributed by atoms with Gasteiger partial charge >= 0.3 is 11.7 Å². The van der Waals surface area contributed by atoms with Gasteiger partial charge in [0.2, 0.25) is 5.95 Å². The van der Waals surface area contributed by atoms with Gasteiger partial charge in [-0.05, 0) is 19.8 Å². The highest BCUT2D eigenvalue weighted by molar-refractivity contribution is 5.69. The van der Waals surface area contributed by atoms with Crippen LogP contribution in [0.4, 0.5) is 11.6 Å². The monoisotopic (exact) mass is 282 g/mol. The number of hydrogen-bond acceptors (Lipinski definition) is 6. The van der Waals surface area contributed by atoms with E-state index in [0.717, 1.165) is 25.2 Å². The van der Waals surface area contributed by atoms with E-state index in [-0.39, 0.29) is 17.6 Å². The summed E-state index contributed by atoms with van der Waals surface area (Å²) in [6.45, 7) is 3.61. The molecular formula is C12H18N4O4. The number of carboxylic acid groups (broad SMARTS) is 1. The third-order valence-corrected chi connectivity index (χ3v) is 2.92. The fourth-order valence-corrected chi connectivity index (χ4v) is 1.64. The van der Waals surface area contributed by atoms with E-state index in [2.05, 4.69) is 15.3 Å². The zero-order valence-electron chi connectivity index (χ0n) is 11.4. The van der Waals surface area contributed by atoms with Crippen LogP contribution in [0.25, 0.3) is 0 Å². The lowest BCUT2D eigenvalue weighted by molar-refractivity contribution is -0.385. The Bertz CT molecular complexity index is 463. The normalized spacial score (nSPS) is 13.5. The van der Waals surface area contributed by atoms with Gasteiger partial charge in [0.05, 0.1) is 10.8 Å². The summed E-state index contributed by atoms with van der Waals surface area (Å²) in [7, 11) is 0. The second-order valence-electron chi connectivity index (χ2n) is 4.74. The lowest BCUT2D eigenvalue weighted by atomic mass is 10.0. The number of hydrogen-bond donors (Lipinski definition) is 2. The van der Waals surface area contributed by atoms with E-state index < -0.39 is 10.9 Å². The molecule has 2 unspecified atom stereocenters. The first-order chi connectivity index (χ1) is 9.40. The summed E-state index contributed by atoms with van der Waals surface area (Å²) in [5.41, 5.74) is -0.154. The van der Waals surface area contributed by atoms with Gasteiger partial charge in [-0.15, -0.1) is 0 Å². The number of anilines is 1. The molecule has 0 bridgehead atoms. The van der Waals surface area contributed by atoms with Gasteiger partial charge in [0, 0.05) is 6.04 Å². The molecule has 0 aliphatic carbocycles. The van der Waals surface area contributed by atoms with Gasteiger partial charge in [0.25, 0.3) is 0 Å². The van der Waals surface area contributed by atoms with Gasteiger partial charge in [-0.1, -0.05) is 13.3 Å². The smallest absolute Gasteiger partial charge is 0.306 e. The Morgan fingerprint density at radius 3 is 2.50 bits per heavy atom. The fraction of sp³-hybridized carbons (Fsp3) is 0.583. The summed E-state index contributed by atoms with van der Waals surface area (Å²) in [6.07, 6.45) is 4.46. The van der Waals surface area contributed by atoms with Gasteiger partial charge in [-0.2, -0.15) is 0 Å². The van der Waals surface area contributed by atoms with Crippen molar-refractivity contribution in [2.24, 2.45) is 5.92 Å². The second-order valence-corrected chi connectivity index (χ2v) is 4.74. The molecule has 0 amide bonds. The van der Waals surface area contributed by atoms with E-state index in [1.807, 2.05) is 6.92 Å². The molecule has 0 saturated heterocycles. The third-order valence-electron chi connectivity index (χ3n) is 2.92. The Balaban J connectivity index is 2.36. The van der Waals surface area contributed by atoms with Crippen molar-refractivity contribution in [2.45, 2.75) is 39.2 Å². The summed E-state index contributed by atoms with van der Waals surface area (Å²) < 4.78 is 0. The molecule has 0 spiro atoms. The Morgan fingerprint density at radius 1 is 1.40 bits per heavy atom. The highest BCUT2D eigenvalue weighted by atomic mass is 16.6. The number of carboxylic acids is 1. The van der Waals surface area contributed by atoms with Crippen molar-refractivity contribution in [1.82, 2.24) is 9.97 Å². The topological polar surface area (TPSA) is 118 Å². The summed E-state index contributed by atoms with van der Waals surface area (Å²) >= 11 is 0. The van der Waals surface area contributed by atoms with Gasteiger partial charge in [-0.25, -0.2) is 9.97 Å². The van der Waals surface area contributed by atoms with Gasteiger partial charge in [-0.3, -0.25) is 14.9 Å². The minimum Gasteiger partial charge on any atom is -0.481 e. The minimum atomic E-state index is -0.788. The highest BCUT2D eigenvalue weighted by Gasteiger charge is 2.12. The molecule has 1 aromatic heterocycles. The molecule has 2 N–H and O–H groups in total. The summed E-state index contributed by atoms with van der Waals surface area (Å²) in [5, 5.41) is 22.2. The van der Waals surface area contributed by atoms with Crippen molar-refractivity contribution < 1.29 is 14.8 Å². The Hall–Kier alpha value is -2.25. The largest absolute Gasteiger partial charge is 0.481 e. The zero-order chi connectivity index (χ0) is 15.1. The predicted octanol–water partition coefficient (Wildman–Crippen LogP) is 2.08. The van der Waals surface area contributed by atoms with Crippen LogP contribution < -0.4 is 5.32 Å². The van der Waals surface area contributed by atoms with E-state index in [9.17, 15) is 14.9 Å². The standard InChI is InChI=1S/C12H18N4O4/c1-8(11(17)18)4-3-5-9(2)15-12-13-6-10(7-14-12)16(19)20/h6-9H,3-5H2,1-2H3,(H,17,18)(H,13,14,15). The number of nitrogens with one attached hydrogen (secondary N) is 1. The average molecular weight is 282 g/mol. The van der Waals surface area contributed by atoms with Gasteiger partial charge in [0.15, 0.2) is 0 Å². The molecule has 110 valence electrons. The number of nitro groups is 1. The Morgan fingerprint density at radius 2 is 2.00 bits per heavy atom. The van der Waals surface area contributed by atoms with Crippen LogP contribution in [-0.2, 0) is 4.79 Å². The Kier molecular flexibility index (Phi) is 5.82. The molecule has 2 atom stereocenters. The molecule has 20 heavy (non-hydrogen) atoms. The summed E-state index contributed by atoms with van der Waals surface area (Å²) in [6, 6.07) is 0.0671. The molecule has 8 nitrogen and oxygen atoms in total. The van der Waals surface area contributed by atoms with Crippen molar-refractivity contribution in [3.8, 4) is 0 Å². The first-order valence-electron chi connectivity index (χ1n) is 6.36. The van der Waals surface area contributed by atoms with Crippen LogP contribution in [0.3, 0.4) is 0 Å². The van der Waals surface area contributed by atoms with Crippen LogP contribution in [0.1, 0.15) is 33.1 Å². The van der Waals surface area contributed by atoms with Crippen LogP contribution >= 0.6 is 0 Å². The number of aliphatic carboxylic acids is 1. The minimum absolute atomic E-state index is 0.0671. The third kappa shape index (κ3) is 5.17. The van der Waals surface area contributed by atoms with E-state index in [0.29, 0.717) is 12.4 Å². The van der Waals surface area contributed by atoms with Crippen molar-refractivity contribution in [3.05, 3.63) is 22.5 Å². The Labute approximate surface area is 116 Å². The van der Waals surface area contributed by atoms with Crippen LogP contribution in [0.2, 0.25) is 0 Å². The van der Waals surface area contributed by atoms with Crippen LogP contribution in [0.15, 0.2) is 12.4 Å². The second kappa shape index (κ2) is 7.37. The lowest BCUT2D eigenvalue weighted by Gasteiger charge is -2.14. The van der Waals surface area contributed by atoms with Crippen LogP contribution in [0, 0.1) is 16.0 Å². The molecular weight excluding hydrogens is 264 g/mol. The molecule has 0 aliphatic heterocycles. The zero-order valence-corrected chi connectivity index (χ0v) is 11.4. The van der Waals surface area contributed by atoms with E-state index in [1.165, 1.54) is 0 Å². The van der Waals surface area contributed by atoms with Crippen LogP contribution in [0.5, 0.6) is 0 Å². The first kappa shape index (κ1) is 15.8. The van der Waals surface area contributed by atoms with Crippen molar-refractivity contribution in [2.75, 3.05) is 5.32 Å². The molecule has 0 aromatic carbocycles. The SMILES string of the molecule is CC(CCCC(C)C(=O)O)Nc1ncc([N+](=O)[O-])cn1. The maximum Gasteiger partial charge on any atom is 0.306 e. The quantitative estimate of drug-likeness (QED) is 0.553.